The largest absolute Gasteiger partial charge is 0.439 e. The second kappa shape index (κ2) is 2.21. The molecule has 0 bridgehead atoms. The molecule has 0 saturated carbocycles. The minimum absolute atomic E-state index is 0.342. The van der Waals surface area contributed by atoms with E-state index in [2.05, 4.69) is 4.99 Å². The Morgan fingerprint density at radius 2 is 2.22 bits per heavy atom. The van der Waals surface area contributed by atoms with Gasteiger partial charge in [0.25, 0.3) is 0 Å². The Hall–Kier alpha value is -0.190. The van der Waals surface area contributed by atoms with Gasteiger partial charge < -0.3 is 0 Å². The average Bonchev–Trinajstić information content (AvgIpc) is 2.08. The maximum atomic E-state index is 11.6. The lowest BCUT2D eigenvalue weighted by Gasteiger charge is -2.01. The van der Waals surface area contributed by atoms with Crippen molar-refractivity contribution in [3.8, 4) is 0 Å². The molecule has 0 amide bonds. The highest BCUT2D eigenvalue weighted by Crippen LogP contribution is 2.29. The molecule has 0 aromatic rings. The van der Waals surface area contributed by atoms with Gasteiger partial charge in [0.1, 0.15) is 0 Å². The monoisotopic (exact) mass is 154 g/mol. The normalized spacial score (nSPS) is 20.1. The molecule has 1 aliphatic rings. The zero-order valence-electron chi connectivity index (χ0n) is 4.27. The first-order valence-electron chi connectivity index (χ1n) is 2.20. The van der Waals surface area contributed by atoms with Crippen LogP contribution in [0.25, 0.3) is 0 Å². The average molecular weight is 154 g/mol. The fraction of sp³-hybridized carbons (Fsp3) is 0.500. The zero-order valence-corrected chi connectivity index (χ0v) is 5.09. The summed E-state index contributed by atoms with van der Waals surface area (Å²) in [5.41, 5.74) is 0. The van der Waals surface area contributed by atoms with Crippen molar-refractivity contribution in [2.75, 3.05) is 5.75 Å². The first kappa shape index (κ1) is 6.92. The topological polar surface area (TPSA) is 12.4 Å². The van der Waals surface area contributed by atoms with Crippen LogP contribution < -0.4 is 0 Å². The van der Waals surface area contributed by atoms with Gasteiger partial charge in [-0.3, -0.25) is 4.99 Å². The minimum Gasteiger partial charge on any atom is -0.268 e. The first-order chi connectivity index (χ1) is 4.11. The van der Waals surface area contributed by atoms with Crippen LogP contribution in [0.2, 0.25) is 0 Å². The van der Waals surface area contributed by atoms with Crippen LogP contribution in [0.4, 0.5) is 13.2 Å². The predicted octanol–water partition coefficient (Wildman–Crippen LogP) is 1.86. The third kappa shape index (κ3) is 1.61. The summed E-state index contributed by atoms with van der Waals surface area (Å²) in [6.07, 6.45) is -4.24. The zero-order chi connectivity index (χ0) is 6.91. The van der Waals surface area contributed by atoms with E-state index in [9.17, 15) is 13.2 Å². The summed E-state index contributed by atoms with van der Waals surface area (Å²) in [6, 6.07) is 0. The van der Waals surface area contributed by atoms with Gasteiger partial charge in [-0.15, -0.1) is 0 Å². The van der Waals surface area contributed by atoms with Crippen molar-refractivity contribution in [2.24, 2.45) is 4.99 Å². The van der Waals surface area contributed by atoms with Crippen molar-refractivity contribution in [1.82, 2.24) is 0 Å². The lowest BCUT2D eigenvalue weighted by Crippen LogP contribution is -2.17. The van der Waals surface area contributed by atoms with Crippen LogP contribution >= 0.6 is 11.8 Å². The quantitative estimate of drug-likeness (QED) is 0.518. The molecule has 0 atom stereocenters. The highest BCUT2D eigenvalue weighted by Gasteiger charge is 2.37. The molecule has 0 spiro atoms. The number of thioether (sulfide) groups is 1. The molecule has 51 valence electrons. The summed E-state index contributed by atoms with van der Waals surface area (Å²) >= 11 is 0.719. The van der Waals surface area contributed by atoms with Crippen molar-refractivity contribution in [3.05, 3.63) is 6.54 Å². The lowest BCUT2D eigenvalue weighted by molar-refractivity contribution is -0.0553. The van der Waals surface area contributed by atoms with Crippen LogP contribution in [0.3, 0.4) is 0 Å². The van der Waals surface area contributed by atoms with Crippen LogP contribution in [-0.2, 0) is 0 Å². The molecule has 1 rings (SSSR count). The molecule has 0 unspecified atom stereocenters. The maximum Gasteiger partial charge on any atom is 0.439 e. The van der Waals surface area contributed by atoms with Gasteiger partial charge in [0.15, 0.2) is 5.04 Å². The SMILES string of the molecule is FC(F)(F)C1=N[CH]CS1. The molecule has 0 N–H and O–H groups in total. The van der Waals surface area contributed by atoms with E-state index in [-0.39, 0.29) is 0 Å². The number of hydrogen-bond donors (Lipinski definition) is 0. The van der Waals surface area contributed by atoms with Gasteiger partial charge in [0, 0.05) is 5.75 Å². The van der Waals surface area contributed by atoms with Gasteiger partial charge in [0.2, 0.25) is 0 Å². The number of aliphatic imine (C=N–C) groups is 1. The minimum atomic E-state index is -4.24. The van der Waals surface area contributed by atoms with Gasteiger partial charge in [-0.1, -0.05) is 11.8 Å². The molecule has 1 aliphatic heterocycles. The Morgan fingerprint density at radius 1 is 1.56 bits per heavy atom. The molecule has 1 heterocycles. The van der Waals surface area contributed by atoms with Crippen LogP contribution in [0.5, 0.6) is 0 Å². The fourth-order valence-corrected chi connectivity index (χ4v) is 1.05. The van der Waals surface area contributed by atoms with Crippen LogP contribution in [0.1, 0.15) is 0 Å². The van der Waals surface area contributed by atoms with Gasteiger partial charge in [-0.25, -0.2) is 0 Å². The van der Waals surface area contributed by atoms with Crippen LogP contribution in [0.15, 0.2) is 4.99 Å². The third-order valence-corrected chi connectivity index (χ3v) is 1.67. The second-order valence-corrected chi connectivity index (χ2v) is 2.43. The highest BCUT2D eigenvalue weighted by atomic mass is 32.2. The van der Waals surface area contributed by atoms with Gasteiger partial charge >= 0.3 is 6.18 Å². The van der Waals surface area contributed by atoms with Crippen molar-refractivity contribution < 1.29 is 13.2 Å². The Labute approximate surface area is 54.3 Å². The summed E-state index contributed by atoms with van der Waals surface area (Å²) in [5.74, 6) is 0.342. The smallest absolute Gasteiger partial charge is 0.268 e. The molecule has 5 heteroatoms. The van der Waals surface area contributed by atoms with Crippen molar-refractivity contribution >= 4 is 16.8 Å². The molecular formula is C4H3F3NS. The molecule has 9 heavy (non-hydrogen) atoms. The van der Waals surface area contributed by atoms with Crippen molar-refractivity contribution in [2.45, 2.75) is 6.18 Å². The Morgan fingerprint density at radius 3 is 2.44 bits per heavy atom. The second-order valence-electron chi connectivity index (χ2n) is 1.43. The molecule has 1 radical (unpaired) electrons. The van der Waals surface area contributed by atoms with E-state index >= 15 is 0 Å². The van der Waals surface area contributed by atoms with Crippen LogP contribution in [0, 0.1) is 6.54 Å². The van der Waals surface area contributed by atoms with Crippen molar-refractivity contribution in [1.29, 1.82) is 0 Å². The number of rotatable bonds is 0. The van der Waals surface area contributed by atoms with E-state index in [1.807, 2.05) is 0 Å². The molecule has 1 nitrogen and oxygen atoms in total. The van der Waals surface area contributed by atoms with E-state index in [1.54, 1.807) is 0 Å². The molecule has 0 aromatic heterocycles. The van der Waals surface area contributed by atoms with Gasteiger partial charge in [-0.05, 0) is 0 Å². The first-order valence-corrected chi connectivity index (χ1v) is 3.19. The van der Waals surface area contributed by atoms with E-state index in [0.717, 1.165) is 11.8 Å². The summed E-state index contributed by atoms with van der Waals surface area (Å²) < 4.78 is 34.8. The standard InChI is InChI=1S/C4H3F3NS/c5-4(6,7)3-8-1-2-9-3/h1H,2H2. The maximum absolute atomic E-state index is 11.6. The fourth-order valence-electron chi connectivity index (χ4n) is 0.429. The highest BCUT2D eigenvalue weighted by molar-refractivity contribution is 8.14. The molecule has 0 saturated heterocycles. The van der Waals surface area contributed by atoms with Gasteiger partial charge in [-0.2, -0.15) is 13.2 Å². The number of nitrogens with zero attached hydrogens (tertiary/aromatic N) is 1. The number of halogens is 3. The molecule has 0 aromatic carbocycles. The molecule has 0 aliphatic carbocycles. The summed E-state index contributed by atoms with van der Waals surface area (Å²) in [6.45, 7) is 1.26. The van der Waals surface area contributed by atoms with E-state index in [1.165, 1.54) is 6.54 Å². The van der Waals surface area contributed by atoms with E-state index in [4.69, 9.17) is 0 Å². The van der Waals surface area contributed by atoms with Crippen LogP contribution in [-0.4, -0.2) is 17.0 Å². The predicted molar refractivity (Wildman–Crippen MR) is 30.2 cm³/mol. The Bertz CT molecular complexity index is 139. The lowest BCUT2D eigenvalue weighted by atomic mass is 10.7. The molecule has 0 fully saturated rings. The third-order valence-electron chi connectivity index (χ3n) is 0.746. The summed E-state index contributed by atoms with van der Waals surface area (Å²) in [5, 5.41) is -0.734. The molecular weight excluding hydrogens is 151 g/mol. The van der Waals surface area contributed by atoms with Gasteiger partial charge in [0.05, 0.1) is 6.54 Å². The number of alkyl halides is 3. The van der Waals surface area contributed by atoms with E-state index < -0.39 is 11.2 Å². The Balaban J connectivity index is 2.61. The van der Waals surface area contributed by atoms with E-state index in [0.29, 0.717) is 5.75 Å². The van der Waals surface area contributed by atoms with Crippen molar-refractivity contribution in [3.63, 3.8) is 0 Å². The Kier molecular flexibility index (Phi) is 1.70. The number of hydrogen-bond acceptors (Lipinski definition) is 2. The summed E-state index contributed by atoms with van der Waals surface area (Å²) in [7, 11) is 0. The summed E-state index contributed by atoms with van der Waals surface area (Å²) in [4.78, 5) is 3.14.